The number of sulfonamides is 1. The number of hydrogen-bond donors (Lipinski definition) is 2. The number of nitrogens with zero attached hydrogens (tertiary/aromatic N) is 3. The molecule has 2 aromatic carbocycles. The van der Waals surface area contributed by atoms with E-state index >= 15 is 0 Å². The van der Waals surface area contributed by atoms with Gasteiger partial charge < -0.3 is 9.63 Å². The summed E-state index contributed by atoms with van der Waals surface area (Å²) in [4.78, 5) is 17.4. The second kappa shape index (κ2) is 9.77. The Hall–Kier alpha value is -3.89. The molecule has 11 heteroatoms. The van der Waals surface area contributed by atoms with Crippen LogP contribution in [0.3, 0.4) is 0 Å². The molecule has 0 saturated carbocycles. The maximum absolute atomic E-state index is 12.6. The molecule has 35 heavy (non-hydrogen) atoms. The van der Waals surface area contributed by atoms with Crippen molar-refractivity contribution in [3.63, 3.8) is 0 Å². The molecule has 4 aromatic rings. The van der Waals surface area contributed by atoms with Crippen LogP contribution in [0, 0.1) is 6.92 Å². The number of nitrogens with one attached hydrogen (secondary N) is 1. The minimum atomic E-state index is -3.81. The summed E-state index contributed by atoms with van der Waals surface area (Å²) in [7, 11) is -3.81. The van der Waals surface area contributed by atoms with Crippen LogP contribution in [0.15, 0.2) is 82.5 Å². The van der Waals surface area contributed by atoms with Gasteiger partial charge in [-0.15, -0.1) is 0 Å². The van der Waals surface area contributed by atoms with Crippen molar-refractivity contribution in [1.29, 1.82) is 0 Å². The third-order valence-corrected chi connectivity index (χ3v) is 7.08. The van der Waals surface area contributed by atoms with Crippen LogP contribution in [0.4, 0.5) is 16.2 Å². The topological polar surface area (TPSA) is 126 Å². The van der Waals surface area contributed by atoms with Gasteiger partial charge in [0.25, 0.3) is 10.0 Å². The number of aryl methyl sites for hydroxylation is 1. The van der Waals surface area contributed by atoms with E-state index in [0.717, 1.165) is 4.90 Å². The summed E-state index contributed by atoms with van der Waals surface area (Å²) < 4.78 is 33.1. The monoisotopic (exact) mass is 512 g/mol. The van der Waals surface area contributed by atoms with E-state index in [1.54, 1.807) is 62.4 Å². The molecule has 0 aliphatic carbocycles. The van der Waals surface area contributed by atoms with E-state index in [-0.39, 0.29) is 16.3 Å². The van der Waals surface area contributed by atoms with Gasteiger partial charge >= 0.3 is 6.09 Å². The van der Waals surface area contributed by atoms with Crippen molar-refractivity contribution >= 4 is 39.1 Å². The smallest absolute Gasteiger partial charge is 0.412 e. The molecular formula is C24H21ClN4O5S. The summed E-state index contributed by atoms with van der Waals surface area (Å²) >= 11 is 6.32. The molecule has 2 heterocycles. The highest BCUT2D eigenvalue weighted by molar-refractivity contribution is 7.92. The number of carbonyl (C=O) groups is 1. The molecule has 0 aliphatic heterocycles. The van der Waals surface area contributed by atoms with Crippen LogP contribution in [0.5, 0.6) is 0 Å². The van der Waals surface area contributed by atoms with Gasteiger partial charge in [0.2, 0.25) is 0 Å². The van der Waals surface area contributed by atoms with E-state index in [0.29, 0.717) is 27.5 Å². The highest BCUT2D eigenvalue weighted by Gasteiger charge is 2.31. The predicted molar refractivity (Wildman–Crippen MR) is 132 cm³/mol. The number of carboxylic acid groups (broad SMARTS) is 1. The van der Waals surface area contributed by atoms with Crippen LogP contribution >= 0.6 is 11.6 Å². The van der Waals surface area contributed by atoms with Crippen molar-refractivity contribution in [3.8, 4) is 11.3 Å². The van der Waals surface area contributed by atoms with Crippen molar-refractivity contribution in [3.05, 3.63) is 89.3 Å². The van der Waals surface area contributed by atoms with Crippen LogP contribution in [-0.2, 0) is 10.0 Å². The number of hydrogen-bond acceptors (Lipinski definition) is 6. The lowest BCUT2D eigenvalue weighted by atomic mass is 10.0. The van der Waals surface area contributed by atoms with E-state index in [1.807, 2.05) is 0 Å². The molecule has 0 bridgehead atoms. The van der Waals surface area contributed by atoms with E-state index in [4.69, 9.17) is 16.1 Å². The minimum Gasteiger partial charge on any atom is -0.465 e. The highest BCUT2D eigenvalue weighted by atomic mass is 35.5. The van der Waals surface area contributed by atoms with Gasteiger partial charge in [0, 0.05) is 28.7 Å². The van der Waals surface area contributed by atoms with Gasteiger partial charge in [-0.2, -0.15) is 0 Å². The summed E-state index contributed by atoms with van der Waals surface area (Å²) in [5.41, 5.74) is 2.11. The predicted octanol–water partition coefficient (Wildman–Crippen LogP) is 5.74. The molecule has 0 saturated heterocycles. The lowest BCUT2D eigenvalue weighted by Gasteiger charge is -2.27. The number of aromatic nitrogens is 2. The van der Waals surface area contributed by atoms with Crippen molar-refractivity contribution < 1.29 is 22.8 Å². The third-order valence-electron chi connectivity index (χ3n) is 5.37. The molecule has 1 atom stereocenters. The molecule has 2 N–H and O–H groups in total. The van der Waals surface area contributed by atoms with Crippen LogP contribution in [0.1, 0.15) is 24.2 Å². The van der Waals surface area contributed by atoms with Gasteiger partial charge in [-0.1, -0.05) is 35.0 Å². The summed E-state index contributed by atoms with van der Waals surface area (Å²) in [6.07, 6.45) is 1.53. The Kier molecular flexibility index (Phi) is 6.77. The number of pyridine rings is 1. The van der Waals surface area contributed by atoms with E-state index < -0.39 is 22.2 Å². The van der Waals surface area contributed by atoms with Crippen LogP contribution in [-0.4, -0.2) is 29.8 Å². The SMILES string of the molecule is Cc1noc(-c2ccc(NS(=O)(=O)c3cccnc3)cc2)c1N(C(=O)O)C(C)c1ccccc1Cl. The van der Waals surface area contributed by atoms with Crippen molar-refractivity contribution in [2.24, 2.45) is 0 Å². The zero-order valence-corrected chi connectivity index (χ0v) is 20.3. The Bertz CT molecular complexity index is 1460. The molecule has 1 unspecified atom stereocenters. The second-order valence-corrected chi connectivity index (χ2v) is 9.76. The molecule has 0 fully saturated rings. The second-order valence-electron chi connectivity index (χ2n) is 7.67. The normalized spacial score (nSPS) is 12.2. The largest absolute Gasteiger partial charge is 0.465 e. The minimum absolute atomic E-state index is 0.0304. The fourth-order valence-corrected chi connectivity index (χ4v) is 4.97. The van der Waals surface area contributed by atoms with E-state index in [1.165, 1.54) is 24.5 Å². The first-order valence-electron chi connectivity index (χ1n) is 10.4. The maximum atomic E-state index is 12.6. The number of rotatable bonds is 7. The van der Waals surface area contributed by atoms with Gasteiger partial charge in [-0.3, -0.25) is 14.6 Å². The lowest BCUT2D eigenvalue weighted by Crippen LogP contribution is -2.33. The van der Waals surface area contributed by atoms with Crippen molar-refractivity contribution in [2.75, 3.05) is 9.62 Å². The Balaban J connectivity index is 1.67. The van der Waals surface area contributed by atoms with Crippen molar-refractivity contribution in [2.45, 2.75) is 24.8 Å². The Morgan fingerprint density at radius 3 is 2.46 bits per heavy atom. The van der Waals surface area contributed by atoms with Gasteiger partial charge in [0.05, 0.1) is 6.04 Å². The molecule has 0 radical (unpaired) electrons. The van der Waals surface area contributed by atoms with Gasteiger partial charge in [0.1, 0.15) is 16.3 Å². The lowest BCUT2D eigenvalue weighted by molar-refractivity contribution is 0.199. The van der Waals surface area contributed by atoms with E-state index in [9.17, 15) is 18.3 Å². The summed E-state index contributed by atoms with van der Waals surface area (Å²) in [6.45, 7) is 3.37. The first-order chi connectivity index (χ1) is 16.7. The average Bonchev–Trinajstić information content (AvgIpc) is 3.21. The summed E-state index contributed by atoms with van der Waals surface area (Å²) in [6, 6.07) is 15.7. The number of benzene rings is 2. The summed E-state index contributed by atoms with van der Waals surface area (Å²) in [5.74, 6) is 0.227. The van der Waals surface area contributed by atoms with Crippen molar-refractivity contribution in [1.82, 2.24) is 10.1 Å². The molecule has 1 amide bonds. The molecule has 0 aliphatic rings. The molecule has 4 rings (SSSR count). The first-order valence-corrected chi connectivity index (χ1v) is 12.3. The first kappa shape index (κ1) is 24.2. The Morgan fingerprint density at radius 2 is 1.83 bits per heavy atom. The number of anilines is 2. The van der Waals surface area contributed by atoms with Crippen LogP contribution in [0.25, 0.3) is 11.3 Å². The number of amides is 1. The Morgan fingerprint density at radius 1 is 1.11 bits per heavy atom. The average molecular weight is 513 g/mol. The standard InChI is InChI=1S/C24H21ClN4O5S/c1-15-22(29(24(30)31)16(2)20-7-3-4-8-21(20)25)23(34-27-15)17-9-11-18(12-10-17)28-35(32,33)19-6-5-13-26-14-19/h3-14,16,28H,1-2H3,(H,30,31). The van der Waals surface area contributed by atoms with Gasteiger partial charge in [-0.25, -0.2) is 13.2 Å². The molecule has 180 valence electrons. The third kappa shape index (κ3) is 4.98. The van der Waals surface area contributed by atoms with Gasteiger partial charge in [0.15, 0.2) is 5.76 Å². The summed E-state index contributed by atoms with van der Waals surface area (Å²) in [5, 5.41) is 14.5. The zero-order chi connectivity index (χ0) is 25.2. The Labute approximate surface area is 207 Å². The molecule has 0 spiro atoms. The fraction of sp³-hybridized carbons (Fsp3) is 0.125. The quantitative estimate of drug-likeness (QED) is 0.323. The van der Waals surface area contributed by atoms with Gasteiger partial charge in [-0.05, 0) is 61.9 Å². The molecule has 2 aromatic heterocycles. The fourth-order valence-electron chi connectivity index (χ4n) is 3.66. The molecule has 9 nitrogen and oxygen atoms in total. The van der Waals surface area contributed by atoms with E-state index in [2.05, 4.69) is 14.9 Å². The van der Waals surface area contributed by atoms with Crippen LogP contribution < -0.4 is 9.62 Å². The number of halogens is 1. The zero-order valence-electron chi connectivity index (χ0n) is 18.7. The highest BCUT2D eigenvalue weighted by Crippen LogP contribution is 2.40. The molecular weight excluding hydrogens is 492 g/mol. The van der Waals surface area contributed by atoms with Crippen LogP contribution in [0.2, 0.25) is 5.02 Å². The maximum Gasteiger partial charge on any atom is 0.412 e.